The minimum absolute atomic E-state index is 0.324. The summed E-state index contributed by atoms with van der Waals surface area (Å²) >= 11 is 0. The van der Waals surface area contributed by atoms with Crippen LogP contribution in [0.1, 0.15) is 44.2 Å². The molecule has 2 aliphatic heterocycles. The minimum Gasteiger partial charge on any atom is -0.497 e. The fourth-order valence-corrected chi connectivity index (χ4v) is 6.02. The van der Waals surface area contributed by atoms with Gasteiger partial charge in [0.05, 0.1) is 36.5 Å². The lowest BCUT2D eigenvalue weighted by atomic mass is 9.91. The molecule has 1 aliphatic carbocycles. The second kappa shape index (κ2) is 8.71. The van der Waals surface area contributed by atoms with E-state index >= 15 is 0 Å². The lowest BCUT2D eigenvalue weighted by Crippen LogP contribution is -2.36. The molecule has 2 aromatic heterocycles. The van der Waals surface area contributed by atoms with Gasteiger partial charge in [0.15, 0.2) is 5.82 Å². The molecule has 3 aliphatic rings. The van der Waals surface area contributed by atoms with Crippen molar-refractivity contribution in [3.05, 3.63) is 53.7 Å². The summed E-state index contributed by atoms with van der Waals surface area (Å²) in [5, 5.41) is 22.6. The number of benzene rings is 2. The molecule has 13 nitrogen and oxygen atoms in total. The highest BCUT2D eigenvalue weighted by Crippen LogP contribution is 2.67. The zero-order valence-electron chi connectivity index (χ0n) is 23.4. The van der Waals surface area contributed by atoms with Gasteiger partial charge in [0.1, 0.15) is 23.6 Å². The second-order valence-electron chi connectivity index (χ2n) is 11.6. The Labute approximate surface area is 239 Å². The van der Waals surface area contributed by atoms with Gasteiger partial charge in [-0.1, -0.05) is 6.07 Å². The van der Waals surface area contributed by atoms with Crippen LogP contribution in [0.2, 0.25) is 0 Å². The van der Waals surface area contributed by atoms with Crippen LogP contribution in [0.25, 0.3) is 10.9 Å². The lowest BCUT2D eigenvalue weighted by Gasteiger charge is -2.19. The van der Waals surface area contributed by atoms with E-state index in [0.29, 0.717) is 64.9 Å². The zero-order valence-corrected chi connectivity index (χ0v) is 23.4. The van der Waals surface area contributed by atoms with Crippen LogP contribution in [0, 0.1) is 0 Å². The Bertz CT molecular complexity index is 1820. The van der Waals surface area contributed by atoms with Gasteiger partial charge in [-0.2, -0.15) is 9.78 Å². The summed E-state index contributed by atoms with van der Waals surface area (Å²) in [6, 6.07) is 10.5. The number of hydrogen-bond acceptors (Lipinski definition) is 9. The first-order chi connectivity index (χ1) is 20.0. The van der Waals surface area contributed by atoms with Gasteiger partial charge in [0.25, 0.3) is 0 Å². The van der Waals surface area contributed by atoms with Crippen LogP contribution in [0.15, 0.2) is 42.6 Å². The average molecular weight is 573 g/mol. The Morgan fingerprint density at radius 3 is 2.74 bits per heavy atom. The van der Waals surface area contributed by atoms with Crippen molar-refractivity contribution in [1.29, 1.82) is 0 Å². The van der Waals surface area contributed by atoms with Crippen LogP contribution < -0.4 is 19.7 Å². The number of nitrogens with one attached hydrogen (secondary N) is 1. The first kappa shape index (κ1) is 25.9. The minimum atomic E-state index is -1.33. The summed E-state index contributed by atoms with van der Waals surface area (Å²) in [5.41, 5.74) is 0.982. The number of carbonyl (C=O) groups excluding carboxylic acids is 2. The molecule has 1 saturated carbocycles. The highest BCUT2D eigenvalue weighted by molar-refractivity contribution is 6.22. The third-order valence-corrected chi connectivity index (χ3v) is 7.92. The van der Waals surface area contributed by atoms with E-state index in [-0.39, 0.29) is 5.92 Å². The number of fused-ring (bicyclic) bond motifs is 4. The number of amides is 2. The summed E-state index contributed by atoms with van der Waals surface area (Å²) in [5.74, 6) is 0.701. The van der Waals surface area contributed by atoms with Gasteiger partial charge in [0, 0.05) is 11.3 Å². The summed E-state index contributed by atoms with van der Waals surface area (Å²) in [6.45, 7) is 6.48. The first-order valence-electron chi connectivity index (χ1n) is 13.5. The topological polar surface area (TPSA) is 150 Å². The van der Waals surface area contributed by atoms with E-state index in [1.54, 1.807) is 49.8 Å². The summed E-state index contributed by atoms with van der Waals surface area (Å²) < 4.78 is 19.7. The van der Waals surface area contributed by atoms with Crippen molar-refractivity contribution >= 4 is 46.2 Å². The van der Waals surface area contributed by atoms with Crippen molar-refractivity contribution in [3.8, 4) is 11.6 Å². The molecule has 0 bridgehead atoms. The summed E-state index contributed by atoms with van der Waals surface area (Å²) in [6.07, 6.45) is 0.0516. The average Bonchev–Trinajstić information content (AvgIpc) is 3.20. The van der Waals surface area contributed by atoms with Gasteiger partial charge in [0.2, 0.25) is 11.8 Å². The second-order valence-corrected chi connectivity index (χ2v) is 11.6. The maximum atomic E-state index is 13.6. The molecular formula is C29H28N6O7. The van der Waals surface area contributed by atoms with Crippen LogP contribution >= 0.6 is 0 Å². The van der Waals surface area contributed by atoms with Crippen LogP contribution in [0.5, 0.6) is 11.6 Å². The number of carbonyl (C=O) groups is 3. The molecule has 0 unspecified atom stereocenters. The molecule has 0 radical (unpaired) electrons. The van der Waals surface area contributed by atoms with Crippen molar-refractivity contribution < 1.29 is 33.7 Å². The predicted octanol–water partition coefficient (Wildman–Crippen LogP) is 4.61. The van der Waals surface area contributed by atoms with E-state index in [4.69, 9.17) is 14.2 Å². The standard InChI is InChI=1S/C29H28N6O7/c1-28(2,3)42-27(39)35-22-11-15(5-7-17(22)23(32-35)31-20-14-30-33-9-10-41-24(20)33)19-13-29(19)18-12-16(40-4)6-8-21(18)34(25(29)36)26(37)38/h5-8,11-12,14,19H,9-10,13H2,1-4H3,(H,31,32)(H,37,38)/t19-,29-/m0/s1. The molecule has 2 atom stereocenters. The molecule has 42 heavy (non-hydrogen) atoms. The van der Waals surface area contributed by atoms with Gasteiger partial charge in [-0.3, -0.25) is 4.79 Å². The number of ether oxygens (including phenoxy) is 3. The van der Waals surface area contributed by atoms with Crippen molar-refractivity contribution in [2.24, 2.45) is 0 Å². The smallest absolute Gasteiger partial charge is 0.435 e. The highest BCUT2D eigenvalue weighted by Gasteiger charge is 2.68. The Morgan fingerprint density at radius 2 is 2.00 bits per heavy atom. The van der Waals surface area contributed by atoms with E-state index in [9.17, 15) is 19.5 Å². The fraction of sp³-hybridized carbons (Fsp3) is 0.345. The van der Waals surface area contributed by atoms with E-state index in [2.05, 4.69) is 15.5 Å². The number of aromatic nitrogens is 4. The third kappa shape index (κ3) is 3.72. The zero-order chi connectivity index (χ0) is 29.6. The van der Waals surface area contributed by atoms with Gasteiger partial charge in [-0.15, -0.1) is 5.10 Å². The molecule has 216 valence electrons. The number of hydrogen-bond donors (Lipinski definition) is 2. The normalized spacial score (nSPS) is 20.4. The van der Waals surface area contributed by atoms with E-state index in [0.717, 1.165) is 10.5 Å². The van der Waals surface area contributed by atoms with Gasteiger partial charge < -0.3 is 24.6 Å². The number of rotatable bonds is 4. The number of imide groups is 1. The maximum Gasteiger partial charge on any atom is 0.435 e. The molecule has 2 amide bonds. The van der Waals surface area contributed by atoms with Crippen molar-refractivity contribution in [2.75, 3.05) is 23.9 Å². The monoisotopic (exact) mass is 572 g/mol. The number of anilines is 3. The van der Waals surface area contributed by atoms with Gasteiger partial charge in [-0.25, -0.2) is 19.2 Å². The van der Waals surface area contributed by atoms with Crippen molar-refractivity contribution in [2.45, 2.75) is 50.7 Å². The fourth-order valence-electron chi connectivity index (χ4n) is 6.02. The Balaban J connectivity index is 1.31. The number of nitrogens with zero attached hydrogens (tertiary/aromatic N) is 5. The van der Waals surface area contributed by atoms with E-state index < -0.39 is 29.1 Å². The van der Waals surface area contributed by atoms with Crippen LogP contribution in [-0.4, -0.2) is 62.1 Å². The molecule has 2 N–H and O–H groups in total. The Kier molecular flexibility index (Phi) is 5.37. The number of carboxylic acid groups (broad SMARTS) is 1. The molecule has 1 spiro atoms. The SMILES string of the molecule is COc1ccc2c(c1)[C@]1(C[C@H]1c1ccc3c(Nc4cnn5c4OCC5)nn(C(=O)OC(C)(C)C)c3c1)C(=O)N2C(=O)O. The quantitative estimate of drug-likeness (QED) is 0.355. The molecule has 4 aromatic rings. The lowest BCUT2D eigenvalue weighted by molar-refractivity contribution is -0.119. The Morgan fingerprint density at radius 1 is 1.19 bits per heavy atom. The largest absolute Gasteiger partial charge is 0.497 e. The van der Waals surface area contributed by atoms with Crippen molar-refractivity contribution in [3.63, 3.8) is 0 Å². The predicted molar refractivity (Wildman–Crippen MR) is 150 cm³/mol. The Hall–Kier alpha value is -5.07. The van der Waals surface area contributed by atoms with Crippen LogP contribution in [-0.2, 0) is 21.5 Å². The first-order valence-corrected chi connectivity index (χ1v) is 13.5. The molecular weight excluding hydrogens is 544 g/mol. The highest BCUT2D eigenvalue weighted by atomic mass is 16.6. The summed E-state index contributed by atoms with van der Waals surface area (Å²) in [7, 11) is 1.52. The van der Waals surface area contributed by atoms with Crippen molar-refractivity contribution in [1.82, 2.24) is 19.6 Å². The molecule has 1 fully saturated rings. The number of methoxy groups -OCH3 is 1. The molecule has 0 saturated heterocycles. The van der Waals surface area contributed by atoms with Gasteiger partial charge in [-0.05, 0) is 68.7 Å². The maximum absolute atomic E-state index is 13.6. The third-order valence-electron chi connectivity index (χ3n) is 7.92. The molecule has 2 aromatic carbocycles. The summed E-state index contributed by atoms with van der Waals surface area (Å²) in [4.78, 5) is 39.8. The van der Waals surface area contributed by atoms with Crippen LogP contribution in [0.3, 0.4) is 0 Å². The molecule has 4 heterocycles. The molecule has 7 rings (SSSR count). The van der Waals surface area contributed by atoms with Gasteiger partial charge >= 0.3 is 12.2 Å². The molecule has 13 heteroatoms. The van der Waals surface area contributed by atoms with E-state index in [1.807, 2.05) is 18.2 Å². The van der Waals surface area contributed by atoms with Crippen LogP contribution in [0.4, 0.5) is 26.8 Å². The van der Waals surface area contributed by atoms with E-state index in [1.165, 1.54) is 11.8 Å².